The van der Waals surface area contributed by atoms with Crippen molar-refractivity contribution in [3.8, 4) is 0 Å². The van der Waals surface area contributed by atoms with E-state index in [-0.39, 0.29) is 29.1 Å². The van der Waals surface area contributed by atoms with E-state index in [2.05, 4.69) is 26.6 Å². The standard InChI is InChI=1S/C16H14BrFN2O2S/c17-13-3-1-2-4-14(13)20-16(22)10-23-9-15(21)19-12-7-5-11(18)6-8-12/h1-8H,9-10H2,(H,19,21)(H,20,22). The molecule has 7 heteroatoms. The van der Waals surface area contributed by atoms with E-state index in [1.807, 2.05) is 18.2 Å². The van der Waals surface area contributed by atoms with Crippen molar-refractivity contribution in [1.82, 2.24) is 0 Å². The zero-order valence-electron chi connectivity index (χ0n) is 12.0. The van der Waals surface area contributed by atoms with Crippen LogP contribution >= 0.6 is 27.7 Å². The Bertz CT molecular complexity index is 695. The Hall–Kier alpha value is -1.86. The molecule has 2 rings (SSSR count). The van der Waals surface area contributed by atoms with Crippen LogP contribution in [0.15, 0.2) is 53.0 Å². The van der Waals surface area contributed by atoms with Gasteiger partial charge in [-0.15, -0.1) is 11.8 Å². The number of carbonyl (C=O) groups excluding carboxylic acids is 2. The molecule has 23 heavy (non-hydrogen) atoms. The molecule has 0 saturated heterocycles. The van der Waals surface area contributed by atoms with E-state index in [0.29, 0.717) is 11.4 Å². The van der Waals surface area contributed by atoms with Gasteiger partial charge in [-0.05, 0) is 52.3 Å². The van der Waals surface area contributed by atoms with Crippen LogP contribution in [-0.2, 0) is 9.59 Å². The third kappa shape index (κ3) is 6.03. The van der Waals surface area contributed by atoms with Crippen LogP contribution in [0, 0.1) is 5.82 Å². The van der Waals surface area contributed by atoms with Crippen LogP contribution in [0.5, 0.6) is 0 Å². The molecule has 0 radical (unpaired) electrons. The average molecular weight is 397 g/mol. The van der Waals surface area contributed by atoms with Gasteiger partial charge in [-0.1, -0.05) is 12.1 Å². The number of amides is 2. The van der Waals surface area contributed by atoms with E-state index in [1.54, 1.807) is 6.07 Å². The fraction of sp³-hybridized carbons (Fsp3) is 0.125. The Labute approximate surface area is 146 Å². The van der Waals surface area contributed by atoms with Crippen molar-refractivity contribution in [1.29, 1.82) is 0 Å². The highest BCUT2D eigenvalue weighted by molar-refractivity contribution is 9.10. The second-order valence-electron chi connectivity index (χ2n) is 4.58. The summed E-state index contributed by atoms with van der Waals surface area (Å²) in [6.07, 6.45) is 0. The van der Waals surface area contributed by atoms with Crippen LogP contribution in [-0.4, -0.2) is 23.3 Å². The SMILES string of the molecule is O=C(CSCC(=O)Nc1ccccc1Br)Nc1ccc(F)cc1. The zero-order valence-corrected chi connectivity index (χ0v) is 14.4. The van der Waals surface area contributed by atoms with Gasteiger partial charge in [-0.2, -0.15) is 0 Å². The molecule has 0 atom stereocenters. The van der Waals surface area contributed by atoms with Gasteiger partial charge in [0.25, 0.3) is 0 Å². The van der Waals surface area contributed by atoms with Crippen molar-refractivity contribution in [3.63, 3.8) is 0 Å². The van der Waals surface area contributed by atoms with Crippen molar-refractivity contribution < 1.29 is 14.0 Å². The monoisotopic (exact) mass is 396 g/mol. The molecule has 2 N–H and O–H groups in total. The highest BCUT2D eigenvalue weighted by atomic mass is 79.9. The van der Waals surface area contributed by atoms with E-state index in [9.17, 15) is 14.0 Å². The van der Waals surface area contributed by atoms with E-state index in [0.717, 1.165) is 4.47 Å². The number of para-hydroxylation sites is 1. The van der Waals surface area contributed by atoms with Crippen LogP contribution in [0.4, 0.5) is 15.8 Å². The molecule has 120 valence electrons. The van der Waals surface area contributed by atoms with Gasteiger partial charge in [0, 0.05) is 10.2 Å². The molecule has 0 bridgehead atoms. The minimum absolute atomic E-state index is 0.140. The summed E-state index contributed by atoms with van der Waals surface area (Å²) in [4.78, 5) is 23.5. The average Bonchev–Trinajstić information content (AvgIpc) is 2.52. The molecule has 0 aliphatic rings. The predicted octanol–water partition coefficient (Wildman–Crippen LogP) is 3.90. The number of hydrogen-bond donors (Lipinski definition) is 2. The highest BCUT2D eigenvalue weighted by Gasteiger charge is 2.08. The van der Waals surface area contributed by atoms with Gasteiger partial charge in [-0.3, -0.25) is 9.59 Å². The molecule has 0 aliphatic heterocycles. The Morgan fingerprint density at radius 2 is 1.57 bits per heavy atom. The zero-order chi connectivity index (χ0) is 16.7. The highest BCUT2D eigenvalue weighted by Crippen LogP contribution is 2.21. The quantitative estimate of drug-likeness (QED) is 0.778. The number of halogens is 2. The third-order valence-corrected chi connectivity index (χ3v) is 4.37. The largest absolute Gasteiger partial charge is 0.325 e. The Morgan fingerprint density at radius 1 is 0.957 bits per heavy atom. The number of carbonyl (C=O) groups is 2. The van der Waals surface area contributed by atoms with Gasteiger partial charge in [0.2, 0.25) is 11.8 Å². The summed E-state index contributed by atoms with van der Waals surface area (Å²) in [5.74, 6) is -0.480. The topological polar surface area (TPSA) is 58.2 Å². The molecule has 2 aromatic carbocycles. The molecule has 0 aliphatic carbocycles. The van der Waals surface area contributed by atoms with Gasteiger partial charge in [0.05, 0.1) is 17.2 Å². The molecule has 0 fully saturated rings. The summed E-state index contributed by atoms with van der Waals surface area (Å²) in [5.41, 5.74) is 1.21. The normalized spacial score (nSPS) is 10.2. The van der Waals surface area contributed by atoms with Crippen LogP contribution in [0.3, 0.4) is 0 Å². The Kier molecular flexibility index (Phi) is 6.61. The van der Waals surface area contributed by atoms with Crippen molar-refractivity contribution >= 4 is 50.9 Å². The maximum Gasteiger partial charge on any atom is 0.234 e. The molecule has 0 saturated carbocycles. The van der Waals surface area contributed by atoms with Gasteiger partial charge >= 0.3 is 0 Å². The first-order valence-corrected chi connectivity index (χ1v) is 8.67. The number of thioether (sulfide) groups is 1. The second-order valence-corrected chi connectivity index (χ2v) is 6.42. The van der Waals surface area contributed by atoms with E-state index in [1.165, 1.54) is 36.0 Å². The minimum atomic E-state index is -0.360. The fourth-order valence-corrected chi connectivity index (χ4v) is 2.72. The van der Waals surface area contributed by atoms with E-state index >= 15 is 0 Å². The van der Waals surface area contributed by atoms with Crippen molar-refractivity contribution in [2.75, 3.05) is 22.1 Å². The van der Waals surface area contributed by atoms with Crippen LogP contribution in [0.25, 0.3) is 0 Å². The molecule has 4 nitrogen and oxygen atoms in total. The lowest BCUT2D eigenvalue weighted by atomic mass is 10.3. The van der Waals surface area contributed by atoms with Gasteiger partial charge in [-0.25, -0.2) is 4.39 Å². The molecule has 2 aromatic rings. The summed E-state index contributed by atoms with van der Waals surface area (Å²) in [6, 6.07) is 12.8. The number of hydrogen-bond acceptors (Lipinski definition) is 3. The third-order valence-electron chi connectivity index (χ3n) is 2.74. The Morgan fingerprint density at radius 3 is 2.22 bits per heavy atom. The van der Waals surface area contributed by atoms with Gasteiger partial charge in [0.15, 0.2) is 0 Å². The van der Waals surface area contributed by atoms with Crippen molar-refractivity contribution in [2.24, 2.45) is 0 Å². The number of nitrogens with one attached hydrogen (secondary N) is 2. The Balaban J connectivity index is 1.72. The lowest BCUT2D eigenvalue weighted by molar-refractivity contribution is -0.114. The predicted molar refractivity (Wildman–Crippen MR) is 95.1 cm³/mol. The summed E-state index contributed by atoms with van der Waals surface area (Å²) in [7, 11) is 0. The molecule has 0 unspecified atom stereocenters. The van der Waals surface area contributed by atoms with Crippen LogP contribution < -0.4 is 10.6 Å². The lowest BCUT2D eigenvalue weighted by Crippen LogP contribution is -2.18. The number of rotatable bonds is 6. The van der Waals surface area contributed by atoms with E-state index in [4.69, 9.17) is 0 Å². The second kappa shape index (κ2) is 8.69. The summed E-state index contributed by atoms with van der Waals surface area (Å²) >= 11 is 4.55. The van der Waals surface area contributed by atoms with Gasteiger partial charge in [0.1, 0.15) is 5.82 Å². The first-order chi connectivity index (χ1) is 11.0. The molecule has 0 spiro atoms. The summed E-state index contributed by atoms with van der Waals surface area (Å²) in [6.45, 7) is 0. The van der Waals surface area contributed by atoms with E-state index < -0.39 is 0 Å². The molecular weight excluding hydrogens is 383 g/mol. The molecular formula is C16H14BrFN2O2S. The van der Waals surface area contributed by atoms with Crippen LogP contribution in [0.1, 0.15) is 0 Å². The smallest absolute Gasteiger partial charge is 0.234 e. The molecule has 0 heterocycles. The van der Waals surface area contributed by atoms with Crippen LogP contribution in [0.2, 0.25) is 0 Å². The summed E-state index contributed by atoms with van der Waals surface area (Å²) < 4.78 is 13.6. The first-order valence-electron chi connectivity index (χ1n) is 6.72. The minimum Gasteiger partial charge on any atom is -0.325 e. The first kappa shape index (κ1) is 17.5. The van der Waals surface area contributed by atoms with Gasteiger partial charge < -0.3 is 10.6 Å². The maximum atomic E-state index is 12.8. The van der Waals surface area contributed by atoms with Crippen molar-refractivity contribution in [3.05, 3.63) is 58.8 Å². The maximum absolute atomic E-state index is 12.8. The van der Waals surface area contributed by atoms with Crippen molar-refractivity contribution in [2.45, 2.75) is 0 Å². The molecule has 0 aromatic heterocycles. The summed E-state index contributed by atoms with van der Waals surface area (Å²) in [5, 5.41) is 5.40. The number of benzene rings is 2. The lowest BCUT2D eigenvalue weighted by Gasteiger charge is -2.07. The number of anilines is 2. The fourth-order valence-electron chi connectivity index (χ4n) is 1.72. The molecule has 2 amide bonds.